The second-order valence-corrected chi connectivity index (χ2v) is 11.4. The van der Waals surface area contributed by atoms with Gasteiger partial charge in [-0.25, -0.2) is 19.2 Å². The van der Waals surface area contributed by atoms with Gasteiger partial charge in [-0.3, -0.25) is 4.79 Å². The van der Waals surface area contributed by atoms with Gasteiger partial charge in [-0.1, -0.05) is 54.6 Å². The predicted octanol–water partition coefficient (Wildman–Crippen LogP) is 5.04. The molecule has 0 aliphatic carbocycles. The number of rotatable bonds is 11. The predicted molar refractivity (Wildman–Crippen MR) is 172 cm³/mol. The zero-order chi connectivity index (χ0) is 33.5. The van der Waals surface area contributed by atoms with Crippen LogP contribution in [0.2, 0.25) is 0 Å². The number of nitrogens with zero attached hydrogens (tertiary/aromatic N) is 3. The minimum absolute atomic E-state index is 0.000452. The van der Waals surface area contributed by atoms with Crippen molar-refractivity contribution in [2.75, 3.05) is 20.8 Å². The fourth-order valence-corrected chi connectivity index (χ4v) is 5.72. The van der Waals surface area contributed by atoms with Gasteiger partial charge in [0.05, 0.1) is 39.5 Å². The van der Waals surface area contributed by atoms with Gasteiger partial charge < -0.3 is 29.7 Å². The van der Waals surface area contributed by atoms with E-state index in [0.29, 0.717) is 24.0 Å². The molecule has 1 saturated heterocycles. The lowest BCUT2D eigenvalue weighted by Gasteiger charge is -2.36. The summed E-state index contributed by atoms with van der Waals surface area (Å²) < 4.78 is 24.1. The fraction of sp³-hybridized carbons (Fsp3) is 0.278. The molecule has 4 aromatic rings. The number of carbonyl (C=O) groups is 2. The van der Waals surface area contributed by atoms with E-state index in [1.807, 2.05) is 30.3 Å². The van der Waals surface area contributed by atoms with E-state index < -0.39 is 24.1 Å². The second kappa shape index (κ2) is 14.9. The second-order valence-electron chi connectivity index (χ2n) is 11.4. The molecule has 1 fully saturated rings. The van der Waals surface area contributed by atoms with Gasteiger partial charge in [0, 0.05) is 13.0 Å². The van der Waals surface area contributed by atoms with Crippen molar-refractivity contribution in [3.8, 4) is 23.0 Å². The molecule has 0 saturated carbocycles. The monoisotopic (exact) mass is 643 g/mol. The largest absolute Gasteiger partial charge is 0.504 e. The van der Waals surface area contributed by atoms with Crippen LogP contribution in [0.4, 0.5) is 9.18 Å². The highest BCUT2D eigenvalue weighted by Crippen LogP contribution is 2.31. The summed E-state index contributed by atoms with van der Waals surface area (Å²) in [5, 5.41) is 34.8. The van der Waals surface area contributed by atoms with Crippen LogP contribution in [0.5, 0.6) is 23.0 Å². The third-order valence-electron chi connectivity index (χ3n) is 8.25. The molecule has 47 heavy (non-hydrogen) atoms. The van der Waals surface area contributed by atoms with Crippen molar-refractivity contribution < 1.29 is 38.8 Å². The maximum atomic E-state index is 14.7. The number of halogens is 1. The Hall–Kier alpha value is -5.29. The van der Waals surface area contributed by atoms with Gasteiger partial charge in [0.25, 0.3) is 0 Å². The molecule has 0 spiro atoms. The Morgan fingerprint density at radius 2 is 1.38 bits per heavy atom. The Morgan fingerprint density at radius 3 is 1.98 bits per heavy atom. The highest BCUT2D eigenvalue weighted by atomic mass is 19.1. The maximum Gasteiger partial charge on any atom is 0.339 e. The van der Waals surface area contributed by atoms with E-state index >= 15 is 0 Å². The fourth-order valence-electron chi connectivity index (χ4n) is 5.72. The zero-order valence-electron chi connectivity index (χ0n) is 26.3. The summed E-state index contributed by atoms with van der Waals surface area (Å²) in [5.41, 5.74) is 2.86. The summed E-state index contributed by atoms with van der Waals surface area (Å²) in [6.45, 7) is -0.203. The summed E-state index contributed by atoms with van der Waals surface area (Å²) in [4.78, 5) is 30.2. The molecule has 3 amide bonds. The number of amides is 3. The first kappa shape index (κ1) is 33.1. The van der Waals surface area contributed by atoms with Crippen LogP contribution >= 0.6 is 0 Å². The van der Waals surface area contributed by atoms with Gasteiger partial charge in [0.1, 0.15) is 5.82 Å². The number of urea groups is 1. The average molecular weight is 644 g/mol. The molecule has 0 aromatic heterocycles. The van der Waals surface area contributed by atoms with Crippen LogP contribution in [0.3, 0.4) is 0 Å². The topological polar surface area (TPSA) is 123 Å². The van der Waals surface area contributed by atoms with Crippen LogP contribution in [-0.4, -0.2) is 75.1 Å². The van der Waals surface area contributed by atoms with E-state index in [-0.39, 0.29) is 54.9 Å². The number of aryl methyl sites for hydroxylation is 1. The third-order valence-corrected chi connectivity index (χ3v) is 8.25. The standard InChI is InChI=1S/C36H38FN3O7/c1-46-33-19-26(10-15-30(33)41)21-38-29(18-25-6-4-3-5-7-25)32(43)23-39(35(44)17-12-24-8-13-28(37)14-9-24)40(36(38)45)22-27-11-16-31(42)34(20-27)47-2/h3-11,13-16,19-20,29,32,41-43H,12,17-18,21-23H2,1-2H3/t29-,32-/m1/s1. The highest BCUT2D eigenvalue weighted by Gasteiger charge is 2.42. The van der Waals surface area contributed by atoms with E-state index in [1.54, 1.807) is 36.4 Å². The molecule has 0 unspecified atom stereocenters. The quantitative estimate of drug-likeness (QED) is 0.209. The Bertz CT molecular complexity index is 1690. The average Bonchev–Trinajstić information content (AvgIpc) is 3.17. The van der Waals surface area contributed by atoms with Crippen molar-refractivity contribution in [2.24, 2.45) is 0 Å². The van der Waals surface area contributed by atoms with Crippen LogP contribution in [0.1, 0.15) is 28.7 Å². The number of hydrogen-bond donors (Lipinski definition) is 3. The lowest BCUT2D eigenvalue weighted by molar-refractivity contribution is -0.147. The molecule has 5 rings (SSSR count). The minimum atomic E-state index is -1.15. The molecule has 2 atom stereocenters. The normalized spacial score (nSPS) is 16.6. The van der Waals surface area contributed by atoms with E-state index in [9.17, 15) is 29.3 Å². The number of hydrogen-bond acceptors (Lipinski definition) is 7. The molecular formula is C36H38FN3O7. The number of aromatic hydroxyl groups is 2. The number of carbonyl (C=O) groups excluding carboxylic acids is 2. The van der Waals surface area contributed by atoms with Crippen LogP contribution in [0.25, 0.3) is 0 Å². The Labute approximate surface area is 272 Å². The van der Waals surface area contributed by atoms with Gasteiger partial charge in [-0.05, 0) is 71.5 Å². The van der Waals surface area contributed by atoms with E-state index in [4.69, 9.17) is 9.47 Å². The lowest BCUT2D eigenvalue weighted by Crippen LogP contribution is -2.52. The van der Waals surface area contributed by atoms with E-state index in [1.165, 1.54) is 53.4 Å². The molecular weight excluding hydrogens is 605 g/mol. The summed E-state index contributed by atoms with van der Waals surface area (Å²) in [5.74, 6) is -0.483. The highest BCUT2D eigenvalue weighted by molar-refractivity contribution is 5.82. The third kappa shape index (κ3) is 7.93. The van der Waals surface area contributed by atoms with Gasteiger partial charge in [0.2, 0.25) is 5.91 Å². The van der Waals surface area contributed by atoms with Crippen LogP contribution < -0.4 is 9.47 Å². The summed E-state index contributed by atoms with van der Waals surface area (Å²) >= 11 is 0. The first-order chi connectivity index (χ1) is 22.7. The molecule has 10 nitrogen and oxygen atoms in total. The molecule has 246 valence electrons. The van der Waals surface area contributed by atoms with E-state index in [2.05, 4.69) is 0 Å². The van der Waals surface area contributed by atoms with Crippen molar-refractivity contribution in [2.45, 2.75) is 44.5 Å². The lowest BCUT2D eigenvalue weighted by atomic mass is 9.99. The van der Waals surface area contributed by atoms with Crippen LogP contribution in [0.15, 0.2) is 91.0 Å². The summed E-state index contributed by atoms with van der Waals surface area (Å²) in [6, 6.07) is 23.5. The first-order valence-electron chi connectivity index (χ1n) is 15.2. The number of phenolic OH excluding ortho intramolecular Hbond substituents is 2. The number of aliphatic hydroxyl groups is 1. The first-order valence-corrected chi connectivity index (χ1v) is 15.2. The molecule has 4 aromatic carbocycles. The maximum absolute atomic E-state index is 14.7. The number of benzene rings is 4. The number of hydrazine groups is 1. The van der Waals surface area contributed by atoms with Crippen molar-refractivity contribution in [3.63, 3.8) is 0 Å². The Kier molecular flexibility index (Phi) is 10.5. The smallest absolute Gasteiger partial charge is 0.339 e. The number of methoxy groups -OCH3 is 2. The van der Waals surface area contributed by atoms with Crippen molar-refractivity contribution >= 4 is 11.9 Å². The van der Waals surface area contributed by atoms with Crippen molar-refractivity contribution in [1.82, 2.24) is 14.9 Å². The van der Waals surface area contributed by atoms with E-state index in [0.717, 1.165) is 11.1 Å². The molecule has 1 aliphatic heterocycles. The van der Waals surface area contributed by atoms with Gasteiger partial charge in [-0.15, -0.1) is 0 Å². The van der Waals surface area contributed by atoms with Gasteiger partial charge >= 0.3 is 6.03 Å². The summed E-state index contributed by atoms with van der Waals surface area (Å²) in [7, 11) is 2.85. The Morgan fingerprint density at radius 1 is 0.809 bits per heavy atom. The Balaban J connectivity index is 1.54. The van der Waals surface area contributed by atoms with Crippen LogP contribution in [0, 0.1) is 5.82 Å². The molecule has 0 bridgehead atoms. The molecule has 11 heteroatoms. The van der Waals surface area contributed by atoms with Gasteiger partial charge in [-0.2, -0.15) is 0 Å². The van der Waals surface area contributed by atoms with Crippen molar-refractivity contribution in [3.05, 3.63) is 119 Å². The number of β-amino-alcohol motifs (C(OH)–C–C–N with tert-alkyl or cyclic N) is 1. The molecule has 1 aliphatic rings. The number of ether oxygens (including phenoxy) is 2. The minimum Gasteiger partial charge on any atom is -0.504 e. The van der Waals surface area contributed by atoms with Crippen molar-refractivity contribution in [1.29, 1.82) is 0 Å². The van der Waals surface area contributed by atoms with Gasteiger partial charge in [0.15, 0.2) is 23.0 Å². The molecule has 0 radical (unpaired) electrons. The molecule has 1 heterocycles. The van der Waals surface area contributed by atoms with Crippen LogP contribution in [-0.2, 0) is 30.7 Å². The SMILES string of the molecule is COc1cc(CN2C(=O)N(Cc3ccc(O)c(OC)c3)N(C(=O)CCc3ccc(F)cc3)C[C@@H](O)[C@H]2Cc2ccccc2)ccc1O. The zero-order valence-corrected chi connectivity index (χ0v) is 26.3. The number of aliphatic hydroxyl groups excluding tert-OH is 1. The summed E-state index contributed by atoms with van der Waals surface area (Å²) in [6.07, 6.45) is -0.543. The molecule has 3 N–H and O–H groups in total. The number of phenols is 2.